The standard InChI is InChI=1S/C7H12BrN3OS/c1-4(5(2)12-3)9-7-11-10-6(8)13-7/h4-5H,1-3H3,(H,9,11)/t4-,5?/m1/s1. The zero-order valence-electron chi connectivity index (χ0n) is 7.74. The number of anilines is 1. The molecule has 0 spiro atoms. The average molecular weight is 266 g/mol. The highest BCUT2D eigenvalue weighted by Crippen LogP contribution is 2.21. The Morgan fingerprint density at radius 3 is 2.62 bits per heavy atom. The summed E-state index contributed by atoms with van der Waals surface area (Å²) in [4.78, 5) is 0. The van der Waals surface area contributed by atoms with Gasteiger partial charge in [0.1, 0.15) is 0 Å². The van der Waals surface area contributed by atoms with E-state index in [1.807, 2.05) is 13.8 Å². The summed E-state index contributed by atoms with van der Waals surface area (Å²) in [5.41, 5.74) is 0. The van der Waals surface area contributed by atoms with Gasteiger partial charge in [0, 0.05) is 7.11 Å². The fraction of sp³-hybridized carbons (Fsp3) is 0.714. The molecule has 1 heterocycles. The molecule has 1 rings (SSSR count). The number of hydrogen-bond donors (Lipinski definition) is 1. The van der Waals surface area contributed by atoms with Gasteiger partial charge in [-0.1, -0.05) is 11.3 Å². The molecule has 74 valence electrons. The molecule has 2 atom stereocenters. The van der Waals surface area contributed by atoms with Crippen LogP contribution in [-0.4, -0.2) is 29.5 Å². The molecule has 0 fully saturated rings. The molecular weight excluding hydrogens is 254 g/mol. The lowest BCUT2D eigenvalue weighted by atomic mass is 10.2. The maximum absolute atomic E-state index is 5.17. The van der Waals surface area contributed by atoms with Crippen LogP contribution in [0, 0.1) is 0 Å². The van der Waals surface area contributed by atoms with E-state index in [0.29, 0.717) is 0 Å². The number of methoxy groups -OCH3 is 1. The van der Waals surface area contributed by atoms with Crippen LogP contribution in [0.5, 0.6) is 0 Å². The second-order valence-corrected chi connectivity index (χ2v) is 4.99. The Hall–Kier alpha value is -0.200. The Balaban J connectivity index is 2.49. The van der Waals surface area contributed by atoms with Gasteiger partial charge in [0.2, 0.25) is 5.13 Å². The van der Waals surface area contributed by atoms with Crippen LogP contribution in [0.3, 0.4) is 0 Å². The third-order valence-electron chi connectivity index (χ3n) is 1.83. The zero-order chi connectivity index (χ0) is 9.84. The first kappa shape index (κ1) is 10.9. The lowest BCUT2D eigenvalue weighted by Gasteiger charge is -2.18. The summed E-state index contributed by atoms with van der Waals surface area (Å²) in [6, 6.07) is 0.227. The molecule has 0 saturated heterocycles. The van der Waals surface area contributed by atoms with E-state index < -0.39 is 0 Å². The molecule has 1 aromatic heterocycles. The molecule has 13 heavy (non-hydrogen) atoms. The fourth-order valence-corrected chi connectivity index (χ4v) is 1.89. The van der Waals surface area contributed by atoms with Crippen LogP contribution < -0.4 is 5.32 Å². The van der Waals surface area contributed by atoms with E-state index in [-0.39, 0.29) is 12.1 Å². The van der Waals surface area contributed by atoms with Gasteiger partial charge in [-0.25, -0.2) is 0 Å². The minimum Gasteiger partial charge on any atom is -0.380 e. The van der Waals surface area contributed by atoms with Crippen molar-refractivity contribution in [3.05, 3.63) is 3.92 Å². The van der Waals surface area contributed by atoms with E-state index in [0.717, 1.165) is 9.05 Å². The SMILES string of the molecule is COC(C)[C@@H](C)Nc1nnc(Br)s1. The second kappa shape index (κ2) is 4.88. The first-order chi connectivity index (χ1) is 6.13. The highest BCUT2D eigenvalue weighted by atomic mass is 79.9. The minimum atomic E-state index is 0.155. The Morgan fingerprint density at radius 1 is 1.46 bits per heavy atom. The topological polar surface area (TPSA) is 47.0 Å². The van der Waals surface area contributed by atoms with Gasteiger partial charge in [-0.15, -0.1) is 10.2 Å². The van der Waals surface area contributed by atoms with Crippen molar-refractivity contribution in [2.45, 2.75) is 26.0 Å². The van der Waals surface area contributed by atoms with Gasteiger partial charge < -0.3 is 10.1 Å². The number of ether oxygens (including phenoxy) is 1. The number of halogens is 1. The van der Waals surface area contributed by atoms with Gasteiger partial charge in [-0.05, 0) is 29.8 Å². The van der Waals surface area contributed by atoms with Gasteiger partial charge in [0.25, 0.3) is 0 Å². The van der Waals surface area contributed by atoms with Crippen LogP contribution in [0.4, 0.5) is 5.13 Å². The molecule has 6 heteroatoms. The normalized spacial score (nSPS) is 15.4. The van der Waals surface area contributed by atoms with Crippen molar-refractivity contribution >= 4 is 32.4 Å². The highest BCUT2D eigenvalue weighted by Gasteiger charge is 2.12. The number of nitrogens with zero attached hydrogens (tertiary/aromatic N) is 2. The van der Waals surface area contributed by atoms with Gasteiger partial charge in [-0.3, -0.25) is 0 Å². The van der Waals surface area contributed by atoms with Crippen LogP contribution in [0.1, 0.15) is 13.8 Å². The van der Waals surface area contributed by atoms with E-state index in [1.165, 1.54) is 11.3 Å². The molecule has 0 aromatic carbocycles. The zero-order valence-corrected chi connectivity index (χ0v) is 10.1. The number of nitrogens with one attached hydrogen (secondary N) is 1. The lowest BCUT2D eigenvalue weighted by Crippen LogP contribution is -2.29. The molecule has 1 N–H and O–H groups in total. The first-order valence-corrected chi connectivity index (χ1v) is 5.52. The highest BCUT2D eigenvalue weighted by molar-refractivity contribution is 9.11. The predicted octanol–water partition coefficient (Wildman–Crippen LogP) is 2.14. The van der Waals surface area contributed by atoms with E-state index >= 15 is 0 Å². The van der Waals surface area contributed by atoms with Crippen LogP contribution in [0.2, 0.25) is 0 Å². The van der Waals surface area contributed by atoms with Crippen molar-refractivity contribution in [1.82, 2.24) is 10.2 Å². The molecular formula is C7H12BrN3OS. The molecule has 0 aliphatic rings. The molecule has 0 amide bonds. The molecule has 1 aromatic rings. The summed E-state index contributed by atoms with van der Waals surface area (Å²) in [6.45, 7) is 4.05. The molecule has 1 unspecified atom stereocenters. The van der Waals surface area contributed by atoms with Crippen LogP contribution in [0.25, 0.3) is 0 Å². The molecule has 4 nitrogen and oxygen atoms in total. The van der Waals surface area contributed by atoms with E-state index in [4.69, 9.17) is 4.74 Å². The molecule has 0 bridgehead atoms. The Morgan fingerprint density at radius 2 is 2.15 bits per heavy atom. The van der Waals surface area contributed by atoms with Crippen LogP contribution >= 0.6 is 27.3 Å². The third kappa shape index (κ3) is 3.21. The summed E-state index contributed by atoms with van der Waals surface area (Å²) in [7, 11) is 1.69. The average Bonchev–Trinajstić information content (AvgIpc) is 2.49. The van der Waals surface area contributed by atoms with Crippen molar-refractivity contribution in [2.75, 3.05) is 12.4 Å². The summed E-state index contributed by atoms with van der Waals surface area (Å²) in [6.07, 6.45) is 0.155. The number of hydrogen-bond acceptors (Lipinski definition) is 5. The number of aromatic nitrogens is 2. The van der Waals surface area contributed by atoms with E-state index in [9.17, 15) is 0 Å². The van der Waals surface area contributed by atoms with Crippen molar-refractivity contribution in [1.29, 1.82) is 0 Å². The van der Waals surface area contributed by atoms with Crippen molar-refractivity contribution in [2.24, 2.45) is 0 Å². The smallest absolute Gasteiger partial charge is 0.206 e. The molecule has 0 saturated carbocycles. The van der Waals surface area contributed by atoms with Crippen LogP contribution in [-0.2, 0) is 4.74 Å². The monoisotopic (exact) mass is 265 g/mol. The van der Waals surface area contributed by atoms with Gasteiger partial charge in [0.15, 0.2) is 3.92 Å². The molecule has 0 radical (unpaired) electrons. The van der Waals surface area contributed by atoms with Gasteiger partial charge >= 0.3 is 0 Å². The van der Waals surface area contributed by atoms with Crippen molar-refractivity contribution in [3.63, 3.8) is 0 Å². The largest absolute Gasteiger partial charge is 0.380 e. The van der Waals surface area contributed by atoms with Crippen LogP contribution in [0.15, 0.2) is 3.92 Å². The van der Waals surface area contributed by atoms with Gasteiger partial charge in [-0.2, -0.15) is 0 Å². The summed E-state index contributed by atoms with van der Waals surface area (Å²) >= 11 is 4.72. The quantitative estimate of drug-likeness (QED) is 0.907. The van der Waals surface area contributed by atoms with E-state index in [1.54, 1.807) is 7.11 Å². The Bertz CT molecular complexity index is 268. The fourth-order valence-electron chi connectivity index (χ4n) is 0.780. The molecule has 0 aliphatic carbocycles. The first-order valence-electron chi connectivity index (χ1n) is 3.92. The van der Waals surface area contributed by atoms with E-state index in [2.05, 4.69) is 31.4 Å². The predicted molar refractivity (Wildman–Crippen MR) is 57.2 cm³/mol. The van der Waals surface area contributed by atoms with Crippen molar-refractivity contribution in [3.8, 4) is 0 Å². The second-order valence-electron chi connectivity index (χ2n) is 2.73. The number of rotatable bonds is 4. The van der Waals surface area contributed by atoms with Gasteiger partial charge in [0.05, 0.1) is 12.1 Å². The summed E-state index contributed by atoms with van der Waals surface area (Å²) in [5.74, 6) is 0. The summed E-state index contributed by atoms with van der Waals surface area (Å²) < 4.78 is 5.96. The lowest BCUT2D eigenvalue weighted by molar-refractivity contribution is 0.106. The Labute approximate surface area is 89.8 Å². The Kier molecular flexibility index (Phi) is 4.08. The maximum Gasteiger partial charge on any atom is 0.206 e. The minimum absolute atomic E-state index is 0.155. The summed E-state index contributed by atoms with van der Waals surface area (Å²) in [5, 5.41) is 11.8. The van der Waals surface area contributed by atoms with Crippen molar-refractivity contribution < 1.29 is 4.74 Å². The molecule has 0 aliphatic heterocycles. The third-order valence-corrected chi connectivity index (χ3v) is 3.11. The maximum atomic E-state index is 5.17.